The number of benzene rings is 1. The predicted octanol–water partition coefficient (Wildman–Crippen LogP) is 3.24. The third-order valence-corrected chi connectivity index (χ3v) is 3.40. The van der Waals surface area contributed by atoms with Gasteiger partial charge in [-0.15, -0.1) is 0 Å². The van der Waals surface area contributed by atoms with Crippen molar-refractivity contribution in [3.63, 3.8) is 0 Å². The summed E-state index contributed by atoms with van der Waals surface area (Å²) < 4.78 is 1.73. The maximum Gasteiger partial charge on any atom is 0.172 e. The maximum atomic E-state index is 9.29. The van der Waals surface area contributed by atoms with Crippen molar-refractivity contribution in [2.45, 2.75) is 0 Å². The Morgan fingerprint density at radius 2 is 2.23 bits per heavy atom. The lowest BCUT2D eigenvalue weighted by Gasteiger charge is -1.94. The van der Waals surface area contributed by atoms with E-state index in [2.05, 4.69) is 22.0 Å². The van der Waals surface area contributed by atoms with Gasteiger partial charge >= 0.3 is 0 Å². The number of hydrogen-bond donors (Lipinski definition) is 1. The molecule has 13 heavy (non-hydrogen) atoms. The molecule has 0 aliphatic rings. The Bertz CT molecular complexity index is 512. The summed E-state index contributed by atoms with van der Waals surface area (Å²) in [5.41, 5.74) is 0.600. The summed E-state index contributed by atoms with van der Waals surface area (Å²) in [7, 11) is 0. The van der Waals surface area contributed by atoms with Crippen molar-refractivity contribution in [1.82, 2.24) is 0 Å². The molecule has 1 aromatic carbocycles. The van der Waals surface area contributed by atoms with Crippen LogP contribution in [0.25, 0.3) is 10.1 Å². The van der Waals surface area contributed by atoms with Gasteiger partial charge < -0.3 is 5.11 Å². The largest absolute Gasteiger partial charge is 0.499 e. The third kappa shape index (κ3) is 1.30. The Morgan fingerprint density at radius 1 is 1.46 bits per heavy atom. The van der Waals surface area contributed by atoms with Crippen LogP contribution in [0.4, 0.5) is 0 Å². The first-order chi connectivity index (χ1) is 6.22. The van der Waals surface area contributed by atoms with Crippen LogP contribution in [0.2, 0.25) is 0 Å². The zero-order chi connectivity index (χ0) is 9.42. The molecule has 0 unspecified atom stereocenters. The Balaban J connectivity index is 2.94. The van der Waals surface area contributed by atoms with Crippen LogP contribution >= 0.6 is 27.3 Å². The van der Waals surface area contributed by atoms with Crippen molar-refractivity contribution in [3.8, 4) is 11.1 Å². The van der Waals surface area contributed by atoms with Gasteiger partial charge in [-0.3, -0.25) is 0 Å². The highest BCUT2D eigenvalue weighted by Crippen LogP contribution is 2.36. The number of thiophene rings is 1. The van der Waals surface area contributed by atoms with Gasteiger partial charge in [0.1, 0.15) is 6.07 Å². The minimum absolute atomic E-state index is 0.235. The lowest BCUT2D eigenvalue weighted by Crippen LogP contribution is -1.74. The van der Waals surface area contributed by atoms with Crippen molar-refractivity contribution in [2.75, 3.05) is 0 Å². The van der Waals surface area contributed by atoms with Crippen LogP contribution in [0.3, 0.4) is 0 Å². The highest BCUT2D eigenvalue weighted by atomic mass is 79.9. The lowest BCUT2D eigenvalue weighted by molar-refractivity contribution is 0.491. The van der Waals surface area contributed by atoms with Crippen molar-refractivity contribution >= 4 is 37.4 Å². The standard InChI is InChI=1S/C9H4BrNOS/c10-7-2-1-5(4-11)9-6(7)3-8(12)13-9/h1-3,12H. The SMILES string of the molecule is N#Cc1ccc(Br)c2cc(O)sc12. The summed E-state index contributed by atoms with van der Waals surface area (Å²) in [5.74, 6) is 0. The van der Waals surface area contributed by atoms with E-state index in [1.54, 1.807) is 12.1 Å². The third-order valence-electron chi connectivity index (χ3n) is 1.74. The molecule has 0 bridgehead atoms. The van der Waals surface area contributed by atoms with Crippen LogP contribution in [-0.2, 0) is 0 Å². The minimum atomic E-state index is 0.235. The van der Waals surface area contributed by atoms with E-state index in [1.165, 1.54) is 11.3 Å². The molecule has 0 saturated carbocycles. The molecule has 4 heteroatoms. The second kappa shape index (κ2) is 3.02. The molecule has 1 N–H and O–H groups in total. The summed E-state index contributed by atoms with van der Waals surface area (Å²) >= 11 is 4.58. The van der Waals surface area contributed by atoms with Crippen LogP contribution in [0, 0.1) is 11.3 Å². The Labute approximate surface area is 87.2 Å². The molecule has 0 aliphatic heterocycles. The molecule has 0 radical (unpaired) electrons. The van der Waals surface area contributed by atoms with Gasteiger partial charge in [-0.05, 0) is 12.1 Å². The van der Waals surface area contributed by atoms with E-state index in [9.17, 15) is 5.11 Å². The Hall–Kier alpha value is -1.05. The van der Waals surface area contributed by atoms with Gasteiger partial charge in [0.15, 0.2) is 5.06 Å². The van der Waals surface area contributed by atoms with Crippen LogP contribution < -0.4 is 0 Å². The quantitative estimate of drug-likeness (QED) is 0.784. The molecule has 0 saturated heterocycles. The van der Waals surface area contributed by atoms with E-state index in [-0.39, 0.29) is 5.06 Å². The zero-order valence-corrected chi connectivity index (χ0v) is 8.82. The van der Waals surface area contributed by atoms with Gasteiger partial charge in [0.25, 0.3) is 0 Å². The second-order valence-corrected chi connectivity index (χ2v) is 4.42. The number of aromatic hydroxyl groups is 1. The van der Waals surface area contributed by atoms with E-state index in [1.807, 2.05) is 6.07 Å². The number of halogens is 1. The normalized spacial score (nSPS) is 10.2. The summed E-state index contributed by atoms with van der Waals surface area (Å²) in [4.78, 5) is 0. The first-order valence-electron chi connectivity index (χ1n) is 3.53. The van der Waals surface area contributed by atoms with E-state index < -0.39 is 0 Å². The monoisotopic (exact) mass is 253 g/mol. The van der Waals surface area contributed by atoms with Gasteiger partial charge in [-0.2, -0.15) is 5.26 Å². The van der Waals surface area contributed by atoms with Gasteiger partial charge in [-0.1, -0.05) is 27.3 Å². The van der Waals surface area contributed by atoms with Crippen molar-refractivity contribution in [3.05, 3.63) is 28.2 Å². The molecule has 64 valence electrons. The average Bonchev–Trinajstić information content (AvgIpc) is 2.48. The van der Waals surface area contributed by atoms with E-state index in [0.717, 1.165) is 14.6 Å². The number of rotatable bonds is 0. The topological polar surface area (TPSA) is 44.0 Å². The van der Waals surface area contributed by atoms with Crippen molar-refractivity contribution in [1.29, 1.82) is 5.26 Å². The number of fused-ring (bicyclic) bond motifs is 1. The highest BCUT2D eigenvalue weighted by molar-refractivity contribution is 9.10. The summed E-state index contributed by atoms with van der Waals surface area (Å²) in [6.07, 6.45) is 0. The fourth-order valence-corrected chi connectivity index (χ4v) is 2.63. The molecular formula is C9H4BrNOS. The fraction of sp³-hybridized carbons (Fsp3) is 0. The number of nitriles is 1. The minimum Gasteiger partial charge on any atom is -0.499 e. The lowest BCUT2D eigenvalue weighted by atomic mass is 10.2. The fourth-order valence-electron chi connectivity index (χ4n) is 1.17. The molecule has 1 aromatic heterocycles. The smallest absolute Gasteiger partial charge is 0.172 e. The van der Waals surface area contributed by atoms with Gasteiger partial charge in [-0.25, -0.2) is 0 Å². The zero-order valence-electron chi connectivity index (χ0n) is 6.41. The molecule has 0 aliphatic carbocycles. The molecule has 0 fully saturated rings. The molecule has 2 rings (SSSR count). The summed E-state index contributed by atoms with van der Waals surface area (Å²) in [6.45, 7) is 0. The first-order valence-corrected chi connectivity index (χ1v) is 5.14. The maximum absolute atomic E-state index is 9.29. The van der Waals surface area contributed by atoms with Crippen LogP contribution in [-0.4, -0.2) is 5.11 Å². The molecule has 0 atom stereocenters. The molecule has 2 aromatic rings. The van der Waals surface area contributed by atoms with Gasteiger partial charge in [0.05, 0.1) is 10.3 Å². The van der Waals surface area contributed by atoms with E-state index in [0.29, 0.717) is 5.56 Å². The molecule has 0 spiro atoms. The number of nitrogens with zero attached hydrogens (tertiary/aromatic N) is 1. The molecular weight excluding hydrogens is 250 g/mol. The van der Waals surface area contributed by atoms with Crippen molar-refractivity contribution in [2.24, 2.45) is 0 Å². The molecule has 1 heterocycles. The van der Waals surface area contributed by atoms with Crippen molar-refractivity contribution < 1.29 is 5.11 Å². The molecule has 2 nitrogen and oxygen atoms in total. The second-order valence-electron chi connectivity index (χ2n) is 2.53. The average molecular weight is 254 g/mol. The van der Waals surface area contributed by atoms with Gasteiger partial charge in [0, 0.05) is 15.9 Å². The highest BCUT2D eigenvalue weighted by Gasteiger charge is 2.07. The predicted molar refractivity (Wildman–Crippen MR) is 55.9 cm³/mol. The summed E-state index contributed by atoms with van der Waals surface area (Å²) in [6, 6.07) is 7.30. The number of hydrogen-bond acceptors (Lipinski definition) is 3. The molecule has 0 amide bonds. The summed E-state index contributed by atoms with van der Waals surface area (Å²) in [5, 5.41) is 19.2. The van der Waals surface area contributed by atoms with Gasteiger partial charge in [0.2, 0.25) is 0 Å². The Kier molecular flexibility index (Phi) is 1.98. The van der Waals surface area contributed by atoms with Crippen LogP contribution in [0.1, 0.15) is 5.56 Å². The van der Waals surface area contributed by atoms with Crippen LogP contribution in [0.15, 0.2) is 22.7 Å². The van der Waals surface area contributed by atoms with Crippen LogP contribution in [0.5, 0.6) is 5.06 Å². The van der Waals surface area contributed by atoms with E-state index in [4.69, 9.17) is 5.26 Å². The van der Waals surface area contributed by atoms with E-state index >= 15 is 0 Å². The first kappa shape index (κ1) is 8.54. The Morgan fingerprint density at radius 3 is 2.92 bits per heavy atom.